The molecule has 4 N–H and O–H groups in total. The van der Waals surface area contributed by atoms with Gasteiger partial charge in [0.2, 0.25) is 5.91 Å². The molecule has 0 saturated carbocycles. The molecule has 0 fully saturated rings. The topological polar surface area (TPSA) is 129 Å². The van der Waals surface area contributed by atoms with Crippen molar-refractivity contribution in [2.24, 2.45) is 5.92 Å². The van der Waals surface area contributed by atoms with Crippen LogP contribution in [0.4, 0.5) is 5.13 Å². The van der Waals surface area contributed by atoms with Crippen LogP contribution in [0.5, 0.6) is 0 Å². The molecule has 0 aliphatic heterocycles. The number of fused-ring (bicyclic) bond motifs is 1. The van der Waals surface area contributed by atoms with Crippen LogP contribution in [0.1, 0.15) is 26.7 Å². The molecule has 0 radical (unpaired) electrons. The summed E-state index contributed by atoms with van der Waals surface area (Å²) in [6, 6.07) is 2.74. The maximum atomic E-state index is 12.2. The van der Waals surface area contributed by atoms with Gasteiger partial charge in [0.05, 0.1) is 16.6 Å². The number of carbonyl (C=O) groups is 3. The van der Waals surface area contributed by atoms with Crippen molar-refractivity contribution >= 4 is 56.1 Å². The number of halogens is 1. The van der Waals surface area contributed by atoms with E-state index in [9.17, 15) is 24.6 Å². The van der Waals surface area contributed by atoms with E-state index in [0.717, 1.165) is 4.70 Å². The largest absolute Gasteiger partial charge is 0.480 e. The lowest BCUT2D eigenvalue weighted by Crippen LogP contribution is -2.49. The Hall–Kier alpha value is -2.23. The van der Waals surface area contributed by atoms with Gasteiger partial charge in [0.1, 0.15) is 12.1 Å². The quantitative estimate of drug-likeness (QED) is 0.497. The van der Waals surface area contributed by atoms with Crippen LogP contribution >= 0.6 is 22.9 Å². The molecule has 1 aromatic carbocycles. The third-order valence-corrected chi connectivity index (χ3v) is 4.86. The number of rotatable bonds is 9. The average molecular weight is 414 g/mol. The molecule has 0 spiro atoms. The molecule has 0 bridgehead atoms. The van der Waals surface area contributed by atoms with Gasteiger partial charge in [-0.05, 0) is 30.5 Å². The van der Waals surface area contributed by atoms with E-state index in [2.05, 4.69) is 15.6 Å². The van der Waals surface area contributed by atoms with Crippen molar-refractivity contribution in [3.8, 4) is 0 Å². The highest BCUT2D eigenvalue weighted by Crippen LogP contribution is 2.28. The number of thiazole rings is 1. The second-order valence-corrected chi connectivity index (χ2v) is 7.93. The minimum atomic E-state index is -1.33. The van der Waals surface area contributed by atoms with Crippen molar-refractivity contribution in [2.75, 3.05) is 5.32 Å². The molecule has 10 heteroatoms. The highest BCUT2D eigenvalue weighted by Gasteiger charge is 2.28. The molecule has 1 heterocycles. The highest BCUT2D eigenvalue weighted by atomic mass is 35.5. The van der Waals surface area contributed by atoms with Crippen molar-refractivity contribution in [3.63, 3.8) is 0 Å². The molecular formula is C17H20ClN3O5S. The molecular weight excluding hydrogens is 394 g/mol. The van der Waals surface area contributed by atoms with Gasteiger partial charge in [0, 0.05) is 5.02 Å². The first-order valence-electron chi connectivity index (χ1n) is 8.23. The lowest BCUT2D eigenvalue weighted by molar-refractivity contribution is -0.144. The Morgan fingerprint density at radius 3 is 2.44 bits per heavy atom. The van der Waals surface area contributed by atoms with Crippen LogP contribution in [-0.4, -0.2) is 45.1 Å². The Morgan fingerprint density at radius 2 is 1.85 bits per heavy atom. The summed E-state index contributed by atoms with van der Waals surface area (Å²) in [6.45, 7) is 3.67. The van der Waals surface area contributed by atoms with Gasteiger partial charge in [-0.25, -0.2) is 4.98 Å². The van der Waals surface area contributed by atoms with E-state index < -0.39 is 36.4 Å². The molecule has 2 rings (SSSR count). The Morgan fingerprint density at radius 1 is 1.19 bits per heavy atom. The third-order valence-electron chi connectivity index (χ3n) is 3.69. The number of carboxylic acid groups (broad SMARTS) is 2. The van der Waals surface area contributed by atoms with Crippen LogP contribution in [-0.2, 0) is 14.4 Å². The number of benzene rings is 1. The van der Waals surface area contributed by atoms with Gasteiger partial charge in [-0.2, -0.15) is 0 Å². The molecule has 0 aliphatic rings. The van der Waals surface area contributed by atoms with Gasteiger partial charge in [0.25, 0.3) is 0 Å². The van der Waals surface area contributed by atoms with Gasteiger partial charge in [-0.15, -0.1) is 0 Å². The molecule has 0 aliphatic carbocycles. The first-order valence-corrected chi connectivity index (χ1v) is 9.42. The molecule has 1 aromatic heterocycles. The van der Waals surface area contributed by atoms with Crippen molar-refractivity contribution < 1.29 is 24.6 Å². The third kappa shape index (κ3) is 6.16. The number of hydrogen-bond donors (Lipinski definition) is 4. The number of nitrogens with zero attached hydrogens (tertiary/aromatic N) is 1. The standard InChI is InChI=1S/C17H20ClN3O5S/c1-8(2)5-11(15(23)24)19-12(16(25)26)7-14(22)21-17-20-10-4-3-9(18)6-13(10)27-17/h3-4,6,8,11-12,19H,5,7H2,1-2H3,(H,23,24)(H,25,26)(H,20,21,22)/t11-,12-/m0/s1. The van der Waals surface area contributed by atoms with Gasteiger partial charge in [-0.1, -0.05) is 36.8 Å². The molecule has 8 nitrogen and oxygen atoms in total. The number of aromatic nitrogens is 1. The number of amides is 1. The molecule has 2 atom stereocenters. The van der Waals surface area contributed by atoms with Crippen molar-refractivity contribution in [1.82, 2.24) is 10.3 Å². The summed E-state index contributed by atoms with van der Waals surface area (Å²) in [4.78, 5) is 39.2. The number of anilines is 1. The van der Waals surface area contributed by atoms with E-state index in [4.69, 9.17) is 11.6 Å². The normalized spacial score (nSPS) is 13.5. The van der Waals surface area contributed by atoms with E-state index >= 15 is 0 Å². The maximum Gasteiger partial charge on any atom is 0.321 e. The predicted octanol–water partition coefficient (Wildman–Crippen LogP) is 2.82. The second kappa shape index (κ2) is 9.12. The second-order valence-electron chi connectivity index (χ2n) is 6.46. The van der Waals surface area contributed by atoms with Gasteiger partial charge >= 0.3 is 11.9 Å². The van der Waals surface area contributed by atoms with Gasteiger partial charge in [-0.3, -0.25) is 19.7 Å². The number of hydrogen-bond acceptors (Lipinski definition) is 6. The van der Waals surface area contributed by atoms with Crippen molar-refractivity contribution in [1.29, 1.82) is 0 Å². The Balaban J connectivity index is 2.04. The Labute approximate surface area is 164 Å². The van der Waals surface area contributed by atoms with Crippen LogP contribution in [0, 0.1) is 5.92 Å². The molecule has 2 aromatic rings. The summed E-state index contributed by atoms with van der Waals surface area (Å²) in [7, 11) is 0. The summed E-state index contributed by atoms with van der Waals surface area (Å²) >= 11 is 7.13. The zero-order valence-electron chi connectivity index (χ0n) is 14.7. The average Bonchev–Trinajstić information content (AvgIpc) is 2.93. The molecule has 27 heavy (non-hydrogen) atoms. The Bertz CT molecular complexity index is 854. The lowest BCUT2D eigenvalue weighted by Gasteiger charge is -2.21. The molecule has 1 amide bonds. The van der Waals surface area contributed by atoms with Crippen LogP contribution in [0.15, 0.2) is 18.2 Å². The van der Waals surface area contributed by atoms with E-state index in [1.807, 2.05) is 13.8 Å². The zero-order valence-corrected chi connectivity index (χ0v) is 16.3. The van der Waals surface area contributed by atoms with Gasteiger partial charge in [0.15, 0.2) is 5.13 Å². The fourth-order valence-electron chi connectivity index (χ4n) is 2.48. The number of carboxylic acids is 2. The predicted molar refractivity (Wildman–Crippen MR) is 103 cm³/mol. The Kier molecular flexibility index (Phi) is 7.11. The van der Waals surface area contributed by atoms with E-state index in [1.54, 1.807) is 18.2 Å². The SMILES string of the molecule is CC(C)C[C@H](N[C@@H](CC(=O)Nc1nc2ccc(Cl)cc2s1)C(=O)O)C(=O)O. The molecule has 146 valence electrons. The van der Waals surface area contributed by atoms with Crippen LogP contribution in [0.3, 0.4) is 0 Å². The van der Waals surface area contributed by atoms with Crippen molar-refractivity contribution in [3.05, 3.63) is 23.2 Å². The fourth-order valence-corrected chi connectivity index (χ4v) is 3.64. The fraction of sp³-hybridized carbons (Fsp3) is 0.412. The van der Waals surface area contributed by atoms with Crippen LogP contribution in [0.2, 0.25) is 5.02 Å². The summed E-state index contributed by atoms with van der Waals surface area (Å²) < 4.78 is 0.786. The number of carbonyl (C=O) groups excluding carboxylic acids is 1. The minimum Gasteiger partial charge on any atom is -0.480 e. The van der Waals surface area contributed by atoms with E-state index in [0.29, 0.717) is 15.7 Å². The minimum absolute atomic E-state index is 0.0523. The maximum absolute atomic E-state index is 12.2. The summed E-state index contributed by atoms with van der Waals surface area (Å²) in [5.41, 5.74) is 0.662. The first kappa shape index (κ1) is 21.1. The summed E-state index contributed by atoms with van der Waals surface area (Å²) in [6.07, 6.45) is -0.173. The van der Waals surface area contributed by atoms with Crippen LogP contribution in [0.25, 0.3) is 10.2 Å². The number of nitrogens with one attached hydrogen (secondary N) is 2. The smallest absolute Gasteiger partial charge is 0.321 e. The monoisotopic (exact) mass is 413 g/mol. The molecule has 0 saturated heterocycles. The van der Waals surface area contributed by atoms with E-state index in [1.165, 1.54) is 11.3 Å². The summed E-state index contributed by atoms with van der Waals surface area (Å²) in [5.74, 6) is -2.97. The molecule has 0 unspecified atom stereocenters. The van der Waals surface area contributed by atoms with Crippen molar-refractivity contribution in [2.45, 2.75) is 38.8 Å². The first-order chi connectivity index (χ1) is 12.7. The number of aliphatic carboxylic acids is 2. The van der Waals surface area contributed by atoms with Crippen LogP contribution < -0.4 is 10.6 Å². The highest BCUT2D eigenvalue weighted by molar-refractivity contribution is 7.22. The zero-order chi connectivity index (χ0) is 20.1. The summed E-state index contributed by atoms with van der Waals surface area (Å²) in [5, 5.41) is 24.5. The van der Waals surface area contributed by atoms with Gasteiger partial charge < -0.3 is 15.5 Å². The lowest BCUT2D eigenvalue weighted by atomic mass is 10.0. The van der Waals surface area contributed by atoms with E-state index in [-0.39, 0.29) is 12.3 Å².